The molecule has 0 aliphatic rings. The smallest absolute Gasteiger partial charge is 0.354 e. The molecule has 0 saturated carbocycles. The molecule has 1 amide bonds. The number of amides is 1. The first-order valence-electron chi connectivity index (χ1n) is 10.7. The van der Waals surface area contributed by atoms with E-state index in [1.54, 1.807) is 68.8 Å². The average Bonchev–Trinajstić information content (AvgIpc) is 3.04. The summed E-state index contributed by atoms with van der Waals surface area (Å²) in [7, 11) is 2.98. The molecule has 3 rings (SSSR count). The van der Waals surface area contributed by atoms with Crippen molar-refractivity contribution in [2.75, 3.05) is 7.11 Å². The van der Waals surface area contributed by atoms with Gasteiger partial charge in [0.05, 0.1) is 13.2 Å². The monoisotopic (exact) mass is 528 g/mol. The lowest BCUT2D eigenvalue weighted by Crippen LogP contribution is -2.43. The summed E-state index contributed by atoms with van der Waals surface area (Å²) >= 11 is 3.38. The van der Waals surface area contributed by atoms with Crippen molar-refractivity contribution in [3.8, 4) is 0 Å². The number of aromatic nitrogens is 1. The van der Waals surface area contributed by atoms with E-state index in [0.717, 1.165) is 4.47 Å². The maximum absolute atomic E-state index is 13.7. The van der Waals surface area contributed by atoms with Crippen LogP contribution in [0.1, 0.15) is 54.9 Å². The van der Waals surface area contributed by atoms with Gasteiger partial charge >= 0.3 is 5.97 Å². The summed E-state index contributed by atoms with van der Waals surface area (Å²) in [5.41, 5.74) is 2.86. The van der Waals surface area contributed by atoms with Gasteiger partial charge in [0.15, 0.2) is 5.78 Å². The van der Waals surface area contributed by atoms with E-state index in [0.29, 0.717) is 33.6 Å². The number of hydrogen-bond donors (Lipinski definition) is 0. The second-order valence-electron chi connectivity index (χ2n) is 8.09. The molecule has 1 aromatic heterocycles. The standard InChI is InChI=1S/C26H26BrFN2O4/c1-15-22(16(2)29(4)23(15)26(33)34-5)24(31)17(3)30(14-18-9-11-21(28)12-10-18)25(32)19-7-6-8-20(27)13-19/h6-13,17H,14H2,1-5H3. The Morgan fingerprint density at radius 1 is 1.12 bits per heavy atom. The minimum atomic E-state index is -0.859. The first kappa shape index (κ1) is 25.4. The molecular weight excluding hydrogens is 503 g/mol. The van der Waals surface area contributed by atoms with Gasteiger partial charge < -0.3 is 14.2 Å². The van der Waals surface area contributed by atoms with Gasteiger partial charge in [0.25, 0.3) is 5.91 Å². The Balaban J connectivity index is 2.05. The summed E-state index contributed by atoms with van der Waals surface area (Å²) in [5, 5.41) is 0. The van der Waals surface area contributed by atoms with Gasteiger partial charge in [-0.15, -0.1) is 0 Å². The molecule has 0 bridgehead atoms. The highest BCUT2D eigenvalue weighted by atomic mass is 79.9. The van der Waals surface area contributed by atoms with Crippen LogP contribution in [0.4, 0.5) is 4.39 Å². The minimum Gasteiger partial charge on any atom is -0.464 e. The molecule has 0 N–H and O–H groups in total. The summed E-state index contributed by atoms with van der Waals surface area (Å²) in [6.45, 7) is 5.21. The van der Waals surface area contributed by atoms with Crippen molar-refractivity contribution < 1.29 is 23.5 Å². The zero-order valence-electron chi connectivity index (χ0n) is 19.7. The lowest BCUT2D eigenvalue weighted by atomic mass is 9.98. The number of ether oxygens (including phenoxy) is 1. The number of Topliss-reactive ketones (excluding diaryl/α,β-unsaturated/α-hetero) is 1. The van der Waals surface area contributed by atoms with Gasteiger partial charge in [-0.3, -0.25) is 9.59 Å². The predicted octanol–water partition coefficient (Wildman–Crippen LogP) is 5.24. The summed E-state index contributed by atoms with van der Waals surface area (Å²) < 4.78 is 20.7. The van der Waals surface area contributed by atoms with Crippen molar-refractivity contribution in [1.82, 2.24) is 9.47 Å². The van der Waals surface area contributed by atoms with Gasteiger partial charge in [0.2, 0.25) is 0 Å². The number of carbonyl (C=O) groups excluding carboxylic acids is 3. The molecule has 178 valence electrons. The highest BCUT2D eigenvalue weighted by Crippen LogP contribution is 2.26. The zero-order chi connectivity index (χ0) is 25.2. The van der Waals surface area contributed by atoms with E-state index in [4.69, 9.17) is 4.74 Å². The first-order chi connectivity index (χ1) is 16.1. The fourth-order valence-corrected chi connectivity index (χ4v) is 4.43. The summed E-state index contributed by atoms with van der Waals surface area (Å²) in [4.78, 5) is 41.0. The zero-order valence-corrected chi connectivity index (χ0v) is 21.3. The van der Waals surface area contributed by atoms with E-state index >= 15 is 0 Å². The lowest BCUT2D eigenvalue weighted by Gasteiger charge is -2.29. The Morgan fingerprint density at radius 3 is 2.35 bits per heavy atom. The van der Waals surface area contributed by atoms with Gasteiger partial charge in [-0.1, -0.05) is 34.1 Å². The number of halogens is 2. The molecular formula is C26H26BrFN2O4. The van der Waals surface area contributed by atoms with E-state index in [-0.39, 0.29) is 24.1 Å². The predicted molar refractivity (Wildman–Crippen MR) is 130 cm³/mol. The summed E-state index contributed by atoms with van der Waals surface area (Å²) in [5.74, 6) is -1.57. The van der Waals surface area contributed by atoms with E-state index in [1.165, 1.54) is 24.1 Å². The topological polar surface area (TPSA) is 68.6 Å². The largest absolute Gasteiger partial charge is 0.464 e. The van der Waals surface area contributed by atoms with Gasteiger partial charge in [0, 0.05) is 34.9 Å². The van der Waals surface area contributed by atoms with Crippen LogP contribution < -0.4 is 0 Å². The van der Waals surface area contributed by atoms with Crippen molar-refractivity contribution in [2.24, 2.45) is 7.05 Å². The van der Waals surface area contributed by atoms with Crippen LogP contribution >= 0.6 is 15.9 Å². The SMILES string of the molecule is COC(=O)c1c(C)c(C(=O)C(C)N(Cc2ccc(F)cc2)C(=O)c2cccc(Br)c2)c(C)n1C. The van der Waals surface area contributed by atoms with Crippen molar-refractivity contribution in [3.63, 3.8) is 0 Å². The number of esters is 1. The number of methoxy groups -OCH3 is 1. The van der Waals surface area contributed by atoms with Crippen molar-refractivity contribution in [2.45, 2.75) is 33.4 Å². The van der Waals surface area contributed by atoms with E-state index in [2.05, 4.69) is 15.9 Å². The Kier molecular flexibility index (Phi) is 7.71. The molecule has 0 radical (unpaired) electrons. The first-order valence-corrected chi connectivity index (χ1v) is 11.5. The molecule has 0 saturated heterocycles. The van der Waals surface area contributed by atoms with Crippen LogP contribution in [0.5, 0.6) is 0 Å². The maximum Gasteiger partial charge on any atom is 0.354 e. The molecule has 1 heterocycles. The van der Waals surface area contributed by atoms with Gasteiger partial charge in [-0.2, -0.15) is 0 Å². The van der Waals surface area contributed by atoms with Crippen LogP contribution in [0.25, 0.3) is 0 Å². The Morgan fingerprint density at radius 2 is 1.76 bits per heavy atom. The van der Waals surface area contributed by atoms with Crippen LogP contribution in [0, 0.1) is 19.7 Å². The number of nitrogens with zero attached hydrogens (tertiary/aromatic N) is 2. The van der Waals surface area contributed by atoms with Gasteiger partial charge in [-0.25, -0.2) is 9.18 Å². The quantitative estimate of drug-likeness (QED) is 0.310. The van der Waals surface area contributed by atoms with Gasteiger partial charge in [-0.05, 0) is 62.2 Å². The van der Waals surface area contributed by atoms with E-state index in [9.17, 15) is 18.8 Å². The molecule has 3 aromatic rings. The number of benzene rings is 2. The van der Waals surface area contributed by atoms with Crippen LogP contribution in [-0.4, -0.2) is 40.3 Å². The highest BCUT2D eigenvalue weighted by Gasteiger charge is 2.33. The molecule has 34 heavy (non-hydrogen) atoms. The highest BCUT2D eigenvalue weighted by molar-refractivity contribution is 9.10. The third kappa shape index (κ3) is 4.97. The number of carbonyl (C=O) groups is 3. The molecule has 1 atom stereocenters. The fraction of sp³-hybridized carbons (Fsp3) is 0.269. The number of rotatable bonds is 7. The second-order valence-corrected chi connectivity index (χ2v) is 9.01. The summed E-state index contributed by atoms with van der Waals surface area (Å²) in [6.07, 6.45) is 0. The molecule has 0 aliphatic carbocycles. The minimum absolute atomic E-state index is 0.104. The van der Waals surface area contributed by atoms with Gasteiger partial charge in [0.1, 0.15) is 11.5 Å². The Bertz CT molecular complexity index is 1250. The molecule has 2 aromatic carbocycles. The second kappa shape index (κ2) is 10.3. The molecule has 8 heteroatoms. The van der Waals surface area contributed by atoms with Crippen molar-refractivity contribution in [1.29, 1.82) is 0 Å². The van der Waals surface area contributed by atoms with Crippen LogP contribution in [0.2, 0.25) is 0 Å². The third-order valence-corrected chi connectivity index (χ3v) is 6.49. The molecule has 6 nitrogen and oxygen atoms in total. The molecule has 0 fully saturated rings. The molecule has 0 aliphatic heterocycles. The normalized spacial score (nSPS) is 11.7. The van der Waals surface area contributed by atoms with Crippen molar-refractivity contribution in [3.05, 3.63) is 92.5 Å². The third-order valence-electron chi connectivity index (χ3n) is 6.00. The number of ketones is 1. The Labute approximate surface area is 206 Å². The van der Waals surface area contributed by atoms with Crippen LogP contribution in [0.3, 0.4) is 0 Å². The van der Waals surface area contributed by atoms with Crippen LogP contribution in [0.15, 0.2) is 53.0 Å². The number of hydrogen-bond acceptors (Lipinski definition) is 4. The Hall–Kier alpha value is -3.26. The molecule has 0 spiro atoms. The van der Waals surface area contributed by atoms with E-state index in [1.807, 2.05) is 0 Å². The average molecular weight is 529 g/mol. The lowest BCUT2D eigenvalue weighted by molar-refractivity contribution is 0.0587. The fourth-order valence-electron chi connectivity index (χ4n) is 4.04. The molecule has 1 unspecified atom stereocenters. The van der Waals surface area contributed by atoms with Crippen molar-refractivity contribution >= 4 is 33.6 Å². The van der Waals surface area contributed by atoms with E-state index < -0.39 is 12.0 Å². The summed E-state index contributed by atoms with van der Waals surface area (Å²) in [6, 6.07) is 11.9. The van der Waals surface area contributed by atoms with Crippen LogP contribution in [-0.2, 0) is 18.3 Å². The maximum atomic E-state index is 13.7.